The number of carbonyl (C=O) groups is 3. The van der Waals surface area contributed by atoms with Gasteiger partial charge in [0.15, 0.2) is 0 Å². The molecule has 34 heavy (non-hydrogen) atoms. The summed E-state index contributed by atoms with van der Waals surface area (Å²) in [6.45, 7) is 1.65. The zero-order chi connectivity index (χ0) is 23.7. The van der Waals surface area contributed by atoms with Gasteiger partial charge in [-0.25, -0.2) is 0 Å². The van der Waals surface area contributed by atoms with Crippen LogP contribution in [-0.4, -0.2) is 17.8 Å². The lowest BCUT2D eigenvalue weighted by Gasteiger charge is -2.56. The molecule has 2 N–H and O–H groups in total. The predicted molar refractivity (Wildman–Crippen MR) is 129 cm³/mol. The van der Waals surface area contributed by atoms with E-state index < -0.39 is 5.97 Å². The average molecular weight is 461 g/mol. The summed E-state index contributed by atoms with van der Waals surface area (Å²) in [6, 6.07) is 14.1. The highest BCUT2D eigenvalue weighted by Gasteiger charge is 2.51. The molecule has 178 valence electrons. The third kappa shape index (κ3) is 5.16. The predicted octanol–water partition coefficient (Wildman–Crippen LogP) is 5.09. The highest BCUT2D eigenvalue weighted by molar-refractivity contribution is 5.94. The van der Waals surface area contributed by atoms with Gasteiger partial charge in [-0.05, 0) is 97.6 Å². The molecule has 4 aliphatic rings. The van der Waals surface area contributed by atoms with Crippen molar-refractivity contribution in [1.29, 1.82) is 0 Å². The van der Waals surface area contributed by atoms with Crippen molar-refractivity contribution in [1.82, 2.24) is 5.32 Å². The Balaban J connectivity index is 1.16. The van der Waals surface area contributed by atoms with Crippen LogP contribution >= 0.6 is 0 Å². The van der Waals surface area contributed by atoms with Crippen LogP contribution < -0.4 is 15.4 Å². The quantitative estimate of drug-likeness (QED) is 0.445. The molecule has 0 heterocycles. The molecule has 0 unspecified atom stereocenters. The van der Waals surface area contributed by atoms with Crippen LogP contribution in [-0.2, 0) is 16.1 Å². The minimum absolute atomic E-state index is 0.102. The maximum Gasteiger partial charge on any atom is 0.308 e. The summed E-state index contributed by atoms with van der Waals surface area (Å²) in [5, 5.41) is 5.99. The number of hydrogen-bond donors (Lipinski definition) is 2. The van der Waals surface area contributed by atoms with Crippen molar-refractivity contribution in [2.75, 3.05) is 5.32 Å². The summed E-state index contributed by atoms with van der Waals surface area (Å²) in [5.41, 5.74) is 2.29. The molecule has 6 heteroatoms. The Labute approximate surface area is 200 Å². The number of rotatable bonds is 7. The first-order valence-corrected chi connectivity index (χ1v) is 12.3. The van der Waals surface area contributed by atoms with E-state index in [0.717, 1.165) is 29.0 Å². The molecule has 0 aromatic heterocycles. The Morgan fingerprint density at radius 1 is 0.941 bits per heavy atom. The summed E-state index contributed by atoms with van der Waals surface area (Å²) < 4.78 is 5.05. The van der Waals surface area contributed by atoms with Gasteiger partial charge in [0, 0.05) is 31.1 Å². The molecular weight excluding hydrogens is 428 g/mol. The number of esters is 1. The molecule has 2 amide bonds. The van der Waals surface area contributed by atoms with Gasteiger partial charge in [-0.2, -0.15) is 0 Å². The molecule has 0 spiro atoms. The monoisotopic (exact) mass is 460 g/mol. The molecule has 4 bridgehead atoms. The van der Waals surface area contributed by atoms with Crippen LogP contribution in [0.2, 0.25) is 0 Å². The molecule has 6 rings (SSSR count). The van der Waals surface area contributed by atoms with Crippen molar-refractivity contribution in [2.45, 2.75) is 58.4 Å². The van der Waals surface area contributed by atoms with Crippen molar-refractivity contribution in [3.05, 3.63) is 59.7 Å². The molecule has 0 radical (unpaired) electrons. The number of benzene rings is 2. The second-order valence-electron chi connectivity index (χ2n) is 10.6. The van der Waals surface area contributed by atoms with Gasteiger partial charge in [-0.15, -0.1) is 0 Å². The zero-order valence-corrected chi connectivity index (χ0v) is 19.6. The van der Waals surface area contributed by atoms with E-state index in [4.69, 9.17) is 4.74 Å². The molecule has 4 saturated carbocycles. The summed E-state index contributed by atoms with van der Waals surface area (Å²) >= 11 is 0. The van der Waals surface area contributed by atoms with E-state index in [1.165, 1.54) is 51.5 Å². The molecule has 2 aromatic carbocycles. The Kier molecular flexibility index (Phi) is 6.15. The molecule has 0 aliphatic heterocycles. The van der Waals surface area contributed by atoms with Gasteiger partial charge < -0.3 is 15.4 Å². The van der Waals surface area contributed by atoms with E-state index in [1.54, 1.807) is 18.2 Å². The van der Waals surface area contributed by atoms with Gasteiger partial charge in [0.25, 0.3) is 5.91 Å². The number of amides is 2. The van der Waals surface area contributed by atoms with E-state index in [0.29, 0.717) is 24.3 Å². The number of ether oxygens (including phenoxy) is 1. The van der Waals surface area contributed by atoms with Gasteiger partial charge in [0.1, 0.15) is 5.75 Å². The van der Waals surface area contributed by atoms with Crippen molar-refractivity contribution in [3.8, 4) is 5.75 Å². The largest absolute Gasteiger partial charge is 0.427 e. The second-order valence-corrected chi connectivity index (χ2v) is 10.6. The lowest BCUT2D eigenvalue weighted by molar-refractivity contribution is -0.132. The maximum absolute atomic E-state index is 13.0. The summed E-state index contributed by atoms with van der Waals surface area (Å²) in [7, 11) is 0. The number of carbonyl (C=O) groups excluding carboxylic acids is 3. The average Bonchev–Trinajstić information content (AvgIpc) is 2.76. The maximum atomic E-state index is 13.0. The summed E-state index contributed by atoms with van der Waals surface area (Å²) in [6.07, 6.45) is 8.41. The van der Waals surface area contributed by atoms with E-state index in [-0.39, 0.29) is 17.2 Å². The smallest absolute Gasteiger partial charge is 0.308 e. The second kappa shape index (κ2) is 9.24. The van der Waals surface area contributed by atoms with Gasteiger partial charge in [-0.3, -0.25) is 14.4 Å². The molecular formula is C28H32N2O4. The van der Waals surface area contributed by atoms with Crippen LogP contribution in [0.4, 0.5) is 5.69 Å². The van der Waals surface area contributed by atoms with Gasteiger partial charge in [-0.1, -0.05) is 18.2 Å². The molecule has 0 atom stereocenters. The highest BCUT2D eigenvalue weighted by Crippen LogP contribution is 2.61. The van der Waals surface area contributed by atoms with Crippen LogP contribution in [0, 0.1) is 23.2 Å². The number of nitrogens with one attached hydrogen (secondary N) is 2. The lowest BCUT2D eigenvalue weighted by Crippen LogP contribution is -2.47. The fraction of sp³-hybridized carbons (Fsp3) is 0.464. The first-order chi connectivity index (χ1) is 16.4. The topological polar surface area (TPSA) is 84.5 Å². The lowest BCUT2D eigenvalue weighted by atomic mass is 9.49. The Morgan fingerprint density at radius 2 is 1.62 bits per heavy atom. The van der Waals surface area contributed by atoms with Crippen LogP contribution in [0.5, 0.6) is 5.75 Å². The fourth-order valence-electron chi connectivity index (χ4n) is 6.96. The van der Waals surface area contributed by atoms with Crippen molar-refractivity contribution >= 4 is 23.5 Å². The molecule has 6 nitrogen and oxygen atoms in total. The summed E-state index contributed by atoms with van der Waals surface area (Å²) in [5.74, 6) is 2.25. The van der Waals surface area contributed by atoms with Crippen LogP contribution in [0.25, 0.3) is 0 Å². The van der Waals surface area contributed by atoms with Crippen LogP contribution in [0.1, 0.15) is 67.8 Å². The Hall–Kier alpha value is -3.15. The van der Waals surface area contributed by atoms with Gasteiger partial charge >= 0.3 is 5.97 Å². The standard InChI is InChI=1S/C28H32N2O4/c1-18(31)34-25-7-3-5-23(12-25)27(33)29-17-19-4-2-6-24(11-19)30-26(32)16-28-13-20-8-21(14-28)10-22(9-20)15-28/h2-7,11-12,20-22H,8-10,13-17H2,1H3,(H,29,33)(H,30,32). The third-order valence-electron chi connectivity index (χ3n) is 7.72. The van der Waals surface area contributed by atoms with Gasteiger partial charge in [0.2, 0.25) is 5.91 Å². The van der Waals surface area contributed by atoms with Crippen molar-refractivity contribution in [2.24, 2.45) is 23.2 Å². The first-order valence-electron chi connectivity index (χ1n) is 12.3. The zero-order valence-electron chi connectivity index (χ0n) is 19.6. The molecule has 2 aromatic rings. The van der Waals surface area contributed by atoms with Crippen molar-refractivity contribution in [3.63, 3.8) is 0 Å². The van der Waals surface area contributed by atoms with Crippen molar-refractivity contribution < 1.29 is 19.1 Å². The Bertz CT molecular complexity index is 1070. The normalized spacial score (nSPS) is 26.7. The fourth-order valence-corrected chi connectivity index (χ4v) is 6.96. The van der Waals surface area contributed by atoms with E-state index in [9.17, 15) is 14.4 Å². The number of hydrogen-bond acceptors (Lipinski definition) is 4. The van der Waals surface area contributed by atoms with E-state index in [2.05, 4.69) is 10.6 Å². The third-order valence-corrected chi connectivity index (χ3v) is 7.72. The molecule has 4 fully saturated rings. The minimum atomic E-state index is -0.431. The first kappa shape index (κ1) is 22.6. The SMILES string of the molecule is CC(=O)Oc1cccc(C(=O)NCc2cccc(NC(=O)CC34CC5CC(CC(C5)C3)C4)c2)c1. The summed E-state index contributed by atoms with van der Waals surface area (Å²) in [4.78, 5) is 36.6. The van der Waals surface area contributed by atoms with E-state index in [1.807, 2.05) is 24.3 Å². The number of anilines is 1. The highest BCUT2D eigenvalue weighted by atomic mass is 16.5. The molecule has 4 aliphatic carbocycles. The molecule has 0 saturated heterocycles. The van der Waals surface area contributed by atoms with Crippen LogP contribution in [0.3, 0.4) is 0 Å². The van der Waals surface area contributed by atoms with Gasteiger partial charge in [0.05, 0.1) is 0 Å². The Morgan fingerprint density at radius 3 is 2.29 bits per heavy atom. The minimum Gasteiger partial charge on any atom is -0.427 e. The van der Waals surface area contributed by atoms with E-state index >= 15 is 0 Å². The van der Waals surface area contributed by atoms with Crippen LogP contribution in [0.15, 0.2) is 48.5 Å².